The van der Waals surface area contributed by atoms with Crippen LogP contribution in [0.5, 0.6) is 0 Å². The van der Waals surface area contributed by atoms with Gasteiger partial charge in [-0.15, -0.1) is 0 Å². The van der Waals surface area contributed by atoms with Crippen LogP contribution in [0.1, 0.15) is 43.2 Å². The summed E-state index contributed by atoms with van der Waals surface area (Å²) in [6.07, 6.45) is 5.64. The van der Waals surface area contributed by atoms with Gasteiger partial charge in [-0.05, 0) is 31.4 Å². The van der Waals surface area contributed by atoms with Crippen LogP contribution in [0.15, 0.2) is 24.0 Å². The van der Waals surface area contributed by atoms with E-state index in [2.05, 4.69) is 5.32 Å². The molecule has 0 aromatic heterocycles. The van der Waals surface area contributed by atoms with Gasteiger partial charge in [-0.3, -0.25) is 4.79 Å². The Balaban J connectivity index is 1.76. The Bertz CT molecular complexity index is 971. The summed E-state index contributed by atoms with van der Waals surface area (Å²) in [6.45, 7) is 2.01. The van der Waals surface area contributed by atoms with Crippen LogP contribution in [0.4, 0.5) is 0 Å². The second-order valence-electron chi connectivity index (χ2n) is 8.06. The third kappa shape index (κ3) is 3.91. The number of benzene rings is 1. The average Bonchev–Trinajstić information content (AvgIpc) is 2.89. The van der Waals surface area contributed by atoms with Gasteiger partial charge >= 0.3 is 10.1 Å². The van der Waals surface area contributed by atoms with E-state index >= 15 is 0 Å². The molecule has 3 aliphatic rings. The molecule has 158 valence electrons. The molecule has 0 unspecified atom stereocenters. The topological polar surface area (TPSA) is 90.9 Å². The van der Waals surface area contributed by atoms with Crippen LogP contribution in [0.25, 0.3) is 5.57 Å². The van der Waals surface area contributed by atoms with Gasteiger partial charge in [0.25, 0.3) is 5.91 Å². The molecule has 1 saturated carbocycles. The summed E-state index contributed by atoms with van der Waals surface area (Å²) in [5.74, 6) is -1.17. The number of carbonyl (C=O) groups is 1. The number of nitrogens with one attached hydrogen (secondary N) is 1. The van der Waals surface area contributed by atoms with Crippen molar-refractivity contribution < 1.29 is 26.9 Å². The maximum Gasteiger partial charge on any atom is 0.306 e. The number of hydrogen-bond acceptors (Lipinski definition) is 6. The predicted molar refractivity (Wildman–Crippen MR) is 108 cm³/mol. The molecule has 1 saturated heterocycles. The highest BCUT2D eigenvalue weighted by Crippen LogP contribution is 2.44. The predicted octanol–water partition coefficient (Wildman–Crippen LogP) is 2.91. The van der Waals surface area contributed by atoms with Gasteiger partial charge in [0.05, 0.1) is 25.0 Å². The Morgan fingerprint density at radius 2 is 1.79 bits per heavy atom. The van der Waals surface area contributed by atoms with E-state index in [9.17, 15) is 13.2 Å². The molecule has 2 heterocycles. The first kappa shape index (κ1) is 20.7. The van der Waals surface area contributed by atoms with Crippen molar-refractivity contribution in [2.45, 2.75) is 50.4 Å². The molecule has 2 spiro atoms. The number of amides is 1. The first-order valence-electron chi connectivity index (χ1n) is 9.64. The Kier molecular flexibility index (Phi) is 5.17. The van der Waals surface area contributed by atoms with Crippen LogP contribution in [0, 0.1) is 6.92 Å². The maximum absolute atomic E-state index is 12.9. The number of hydrogen-bond donors (Lipinski definition) is 1. The molecule has 2 fully saturated rings. The SMILES string of the molecule is Cc1ccc(C2=C(OS(C)(=O)=O)C3(COC4(CCCCC4)OC3)NC2=O)c(Cl)c1. The van der Waals surface area contributed by atoms with E-state index in [1.54, 1.807) is 18.2 Å². The second-order valence-corrected chi connectivity index (χ2v) is 10.0. The summed E-state index contributed by atoms with van der Waals surface area (Å²) < 4.78 is 41.6. The smallest absolute Gasteiger partial charge is 0.306 e. The van der Waals surface area contributed by atoms with E-state index < -0.39 is 27.4 Å². The number of carbonyl (C=O) groups excluding carboxylic acids is 1. The van der Waals surface area contributed by atoms with Gasteiger partial charge in [-0.1, -0.05) is 30.2 Å². The minimum Gasteiger partial charge on any atom is -0.383 e. The molecular formula is C20H24ClNO6S. The first-order valence-corrected chi connectivity index (χ1v) is 11.8. The molecule has 0 radical (unpaired) electrons. The Labute approximate surface area is 175 Å². The van der Waals surface area contributed by atoms with E-state index in [0.717, 1.165) is 43.9 Å². The molecule has 1 aromatic carbocycles. The summed E-state index contributed by atoms with van der Waals surface area (Å²) in [5.41, 5.74) is 0.198. The van der Waals surface area contributed by atoms with Crippen molar-refractivity contribution in [2.24, 2.45) is 0 Å². The quantitative estimate of drug-likeness (QED) is 0.725. The Morgan fingerprint density at radius 1 is 1.14 bits per heavy atom. The fourth-order valence-corrected chi connectivity index (χ4v) is 5.07. The fraction of sp³-hybridized carbons (Fsp3) is 0.550. The van der Waals surface area contributed by atoms with Crippen LogP contribution >= 0.6 is 11.6 Å². The monoisotopic (exact) mass is 441 g/mol. The van der Waals surface area contributed by atoms with Crippen LogP contribution in [0.3, 0.4) is 0 Å². The van der Waals surface area contributed by atoms with Crippen molar-refractivity contribution in [3.05, 3.63) is 40.1 Å². The fourth-order valence-electron chi connectivity index (χ4n) is 4.19. The van der Waals surface area contributed by atoms with Crippen LogP contribution in [-0.4, -0.2) is 45.1 Å². The van der Waals surface area contributed by atoms with Gasteiger partial charge in [-0.2, -0.15) is 8.42 Å². The minimum absolute atomic E-state index is 0.0265. The lowest BCUT2D eigenvalue weighted by Crippen LogP contribution is -2.61. The minimum atomic E-state index is -3.91. The maximum atomic E-state index is 12.9. The number of ether oxygens (including phenoxy) is 2. The van der Waals surface area contributed by atoms with Crippen LogP contribution < -0.4 is 5.32 Å². The summed E-state index contributed by atoms with van der Waals surface area (Å²) in [4.78, 5) is 12.9. The molecule has 2 aliphatic heterocycles. The largest absolute Gasteiger partial charge is 0.383 e. The number of halogens is 1. The van der Waals surface area contributed by atoms with Crippen molar-refractivity contribution in [3.63, 3.8) is 0 Å². The van der Waals surface area contributed by atoms with Crippen molar-refractivity contribution >= 4 is 33.2 Å². The zero-order valence-electron chi connectivity index (χ0n) is 16.4. The standard InChI is InChI=1S/C20H24ClNO6S/c1-13-6-7-14(15(21)10-13)16-17(28-29(2,24)25)19(22-18(16)23)11-26-20(27-12-19)8-4-3-5-9-20/h6-7,10H,3-5,8-9,11-12H2,1-2H3,(H,22,23). The summed E-state index contributed by atoms with van der Waals surface area (Å²) in [5, 5.41) is 3.18. The van der Waals surface area contributed by atoms with Crippen molar-refractivity contribution in [3.8, 4) is 0 Å². The highest BCUT2D eigenvalue weighted by Gasteiger charge is 2.55. The van der Waals surface area contributed by atoms with Gasteiger partial charge in [0.2, 0.25) is 0 Å². The van der Waals surface area contributed by atoms with Gasteiger partial charge in [0.1, 0.15) is 5.54 Å². The zero-order chi connectivity index (χ0) is 20.9. The van der Waals surface area contributed by atoms with Crippen molar-refractivity contribution in [2.75, 3.05) is 19.5 Å². The highest BCUT2D eigenvalue weighted by molar-refractivity contribution is 7.86. The van der Waals surface area contributed by atoms with E-state index in [1.807, 2.05) is 6.92 Å². The van der Waals surface area contributed by atoms with E-state index in [1.165, 1.54) is 0 Å². The Morgan fingerprint density at radius 3 is 2.38 bits per heavy atom. The first-order chi connectivity index (χ1) is 13.6. The molecule has 1 amide bonds. The molecule has 1 N–H and O–H groups in total. The third-order valence-electron chi connectivity index (χ3n) is 5.65. The molecule has 9 heteroatoms. The molecule has 1 aromatic rings. The summed E-state index contributed by atoms with van der Waals surface area (Å²) >= 11 is 6.37. The van der Waals surface area contributed by atoms with E-state index in [0.29, 0.717) is 10.6 Å². The lowest BCUT2D eigenvalue weighted by Gasteiger charge is -2.46. The number of aryl methyl sites for hydroxylation is 1. The van der Waals surface area contributed by atoms with Crippen molar-refractivity contribution in [1.29, 1.82) is 0 Å². The third-order valence-corrected chi connectivity index (χ3v) is 6.43. The van der Waals surface area contributed by atoms with Gasteiger partial charge in [0.15, 0.2) is 11.5 Å². The molecule has 29 heavy (non-hydrogen) atoms. The van der Waals surface area contributed by atoms with Crippen LogP contribution in [-0.2, 0) is 28.6 Å². The molecule has 0 bridgehead atoms. The Hall–Kier alpha value is -1.61. The normalized spacial score (nSPS) is 23.5. The van der Waals surface area contributed by atoms with Gasteiger partial charge in [-0.25, -0.2) is 0 Å². The lowest BCUT2D eigenvalue weighted by atomic mass is 9.90. The summed E-state index contributed by atoms with van der Waals surface area (Å²) in [6, 6.07) is 5.20. The number of rotatable bonds is 3. The molecule has 0 atom stereocenters. The molecule has 1 aliphatic carbocycles. The van der Waals surface area contributed by atoms with E-state index in [-0.39, 0.29) is 24.5 Å². The van der Waals surface area contributed by atoms with Crippen LogP contribution in [0.2, 0.25) is 5.02 Å². The lowest BCUT2D eigenvalue weighted by molar-refractivity contribution is -0.298. The average molecular weight is 442 g/mol. The molecule has 4 rings (SSSR count). The molecular weight excluding hydrogens is 418 g/mol. The second kappa shape index (κ2) is 7.27. The molecule has 7 nitrogen and oxygen atoms in total. The summed E-state index contributed by atoms with van der Waals surface area (Å²) in [7, 11) is -3.91. The van der Waals surface area contributed by atoms with Gasteiger partial charge < -0.3 is 19.0 Å². The van der Waals surface area contributed by atoms with E-state index in [4.69, 9.17) is 25.3 Å². The van der Waals surface area contributed by atoms with Gasteiger partial charge in [0, 0.05) is 23.4 Å². The highest BCUT2D eigenvalue weighted by atomic mass is 35.5. The zero-order valence-corrected chi connectivity index (χ0v) is 18.0. The van der Waals surface area contributed by atoms with Crippen molar-refractivity contribution in [1.82, 2.24) is 5.32 Å².